The maximum Gasteiger partial charge on any atom is 0.164 e. The molecule has 19 heavy (non-hydrogen) atoms. The second kappa shape index (κ2) is 4.18. The minimum absolute atomic E-state index is 0.152. The highest BCUT2D eigenvalue weighted by Crippen LogP contribution is 2.38. The molecule has 1 aliphatic rings. The van der Waals surface area contributed by atoms with Crippen molar-refractivity contribution in [3.05, 3.63) is 40.9 Å². The van der Waals surface area contributed by atoms with Crippen molar-refractivity contribution in [1.29, 1.82) is 0 Å². The smallest absolute Gasteiger partial charge is 0.164 e. The van der Waals surface area contributed by atoms with Crippen LogP contribution in [0.5, 0.6) is 0 Å². The van der Waals surface area contributed by atoms with Gasteiger partial charge in [-0.1, -0.05) is 18.2 Å². The number of hydrogen-bond donors (Lipinski definition) is 1. The van der Waals surface area contributed by atoms with Gasteiger partial charge in [-0.25, -0.2) is 4.98 Å². The summed E-state index contributed by atoms with van der Waals surface area (Å²) in [6.45, 7) is 0. The third-order valence-corrected chi connectivity index (χ3v) is 4.87. The van der Waals surface area contributed by atoms with Gasteiger partial charge in [-0.3, -0.25) is 0 Å². The van der Waals surface area contributed by atoms with Crippen LogP contribution in [-0.4, -0.2) is 4.98 Å². The summed E-state index contributed by atoms with van der Waals surface area (Å²) < 4.78 is 5.87. The number of nitrogens with two attached hydrogens (primary N) is 1. The first-order valence-electron chi connectivity index (χ1n) is 6.55. The Kier molecular flexibility index (Phi) is 2.47. The van der Waals surface area contributed by atoms with E-state index in [1.165, 1.54) is 10.6 Å². The van der Waals surface area contributed by atoms with Gasteiger partial charge in [-0.15, -0.1) is 11.3 Å². The van der Waals surface area contributed by atoms with E-state index in [0.717, 1.165) is 41.0 Å². The third-order valence-electron chi connectivity index (χ3n) is 3.63. The Morgan fingerprint density at radius 2 is 2.21 bits per heavy atom. The quantitative estimate of drug-likeness (QED) is 0.729. The van der Waals surface area contributed by atoms with Crippen molar-refractivity contribution in [2.45, 2.75) is 25.3 Å². The molecule has 2 aromatic heterocycles. The standard InChI is InChI=1S/C15H14N2OS/c16-10-5-3-6-11-14(10)19-15(17-11)13-8-9-4-1-2-7-12(9)18-13/h1-2,4,7-8,10H,3,5-6,16H2. The molecule has 3 aromatic rings. The van der Waals surface area contributed by atoms with Crippen molar-refractivity contribution in [2.75, 3.05) is 0 Å². The molecular formula is C15H14N2OS. The largest absolute Gasteiger partial charge is 0.454 e. The Labute approximate surface area is 115 Å². The van der Waals surface area contributed by atoms with Crippen LogP contribution in [0.3, 0.4) is 0 Å². The Hall–Kier alpha value is -1.65. The molecule has 2 heterocycles. The molecule has 1 unspecified atom stereocenters. The minimum Gasteiger partial charge on any atom is -0.454 e. The molecule has 0 aliphatic heterocycles. The van der Waals surface area contributed by atoms with Crippen molar-refractivity contribution < 1.29 is 4.42 Å². The summed E-state index contributed by atoms with van der Waals surface area (Å²) in [5.74, 6) is 0.854. The van der Waals surface area contributed by atoms with Gasteiger partial charge < -0.3 is 10.2 Å². The number of benzene rings is 1. The van der Waals surface area contributed by atoms with Crippen LogP contribution in [0.2, 0.25) is 0 Å². The molecule has 0 saturated carbocycles. The van der Waals surface area contributed by atoms with Crippen LogP contribution >= 0.6 is 11.3 Å². The second-order valence-electron chi connectivity index (χ2n) is 4.98. The van der Waals surface area contributed by atoms with Gasteiger partial charge in [0, 0.05) is 16.3 Å². The number of rotatable bonds is 1. The summed E-state index contributed by atoms with van der Waals surface area (Å²) in [4.78, 5) is 5.95. The number of aryl methyl sites for hydroxylation is 1. The molecule has 0 bridgehead atoms. The summed E-state index contributed by atoms with van der Waals surface area (Å²) in [7, 11) is 0. The van der Waals surface area contributed by atoms with E-state index in [0.29, 0.717) is 0 Å². The molecule has 0 radical (unpaired) electrons. The third kappa shape index (κ3) is 1.79. The highest BCUT2D eigenvalue weighted by Gasteiger charge is 2.23. The van der Waals surface area contributed by atoms with E-state index in [1.807, 2.05) is 18.2 Å². The normalized spacial score (nSPS) is 18.7. The number of para-hydroxylation sites is 1. The van der Waals surface area contributed by atoms with Crippen LogP contribution in [0.25, 0.3) is 21.7 Å². The molecular weight excluding hydrogens is 256 g/mol. The lowest BCUT2D eigenvalue weighted by molar-refractivity contribution is 0.573. The molecule has 4 heteroatoms. The lowest BCUT2D eigenvalue weighted by Crippen LogP contribution is -2.15. The highest BCUT2D eigenvalue weighted by atomic mass is 32.1. The topological polar surface area (TPSA) is 52.0 Å². The van der Waals surface area contributed by atoms with Crippen molar-refractivity contribution in [3.8, 4) is 10.8 Å². The van der Waals surface area contributed by atoms with Gasteiger partial charge in [0.1, 0.15) is 5.58 Å². The van der Waals surface area contributed by atoms with Crippen LogP contribution in [-0.2, 0) is 6.42 Å². The average molecular weight is 270 g/mol. The Bertz CT molecular complexity index is 711. The summed E-state index contributed by atoms with van der Waals surface area (Å²) in [6, 6.07) is 10.3. The number of hydrogen-bond acceptors (Lipinski definition) is 4. The van der Waals surface area contributed by atoms with Crippen LogP contribution < -0.4 is 5.73 Å². The monoisotopic (exact) mass is 270 g/mol. The van der Waals surface area contributed by atoms with Crippen LogP contribution in [0.4, 0.5) is 0 Å². The van der Waals surface area contributed by atoms with E-state index in [1.54, 1.807) is 11.3 Å². The van der Waals surface area contributed by atoms with E-state index in [4.69, 9.17) is 15.1 Å². The first-order valence-corrected chi connectivity index (χ1v) is 7.37. The highest BCUT2D eigenvalue weighted by molar-refractivity contribution is 7.15. The zero-order chi connectivity index (χ0) is 12.8. The summed E-state index contributed by atoms with van der Waals surface area (Å²) in [5, 5.41) is 2.08. The van der Waals surface area contributed by atoms with Crippen molar-refractivity contribution in [3.63, 3.8) is 0 Å². The average Bonchev–Trinajstić information content (AvgIpc) is 3.02. The molecule has 96 valence electrons. The number of fused-ring (bicyclic) bond motifs is 2. The van der Waals surface area contributed by atoms with Crippen LogP contribution in [0.15, 0.2) is 34.7 Å². The molecule has 1 aromatic carbocycles. The molecule has 0 saturated heterocycles. The summed E-state index contributed by atoms with van der Waals surface area (Å²) in [5.41, 5.74) is 8.23. The SMILES string of the molecule is NC1CCCc2nc(-c3cc4ccccc4o3)sc21. The van der Waals surface area contributed by atoms with Crippen LogP contribution in [0.1, 0.15) is 29.5 Å². The first-order chi connectivity index (χ1) is 9.31. The predicted molar refractivity (Wildman–Crippen MR) is 77.2 cm³/mol. The van der Waals surface area contributed by atoms with Gasteiger partial charge in [0.25, 0.3) is 0 Å². The molecule has 2 N–H and O–H groups in total. The maximum absolute atomic E-state index is 6.15. The number of furan rings is 1. The van der Waals surface area contributed by atoms with Crippen molar-refractivity contribution >= 4 is 22.3 Å². The molecule has 1 aliphatic carbocycles. The fourth-order valence-corrected chi connectivity index (χ4v) is 3.75. The second-order valence-corrected chi connectivity index (χ2v) is 6.01. The Balaban J connectivity index is 1.83. The van der Waals surface area contributed by atoms with Gasteiger partial charge in [0.2, 0.25) is 0 Å². The lowest BCUT2D eigenvalue weighted by Gasteiger charge is -2.15. The molecule has 0 spiro atoms. The maximum atomic E-state index is 6.15. The van der Waals surface area contributed by atoms with E-state index >= 15 is 0 Å². The van der Waals surface area contributed by atoms with Crippen LogP contribution in [0, 0.1) is 0 Å². The van der Waals surface area contributed by atoms with Crippen molar-refractivity contribution in [2.24, 2.45) is 5.73 Å². The lowest BCUT2D eigenvalue weighted by atomic mass is 9.99. The molecule has 4 rings (SSSR count). The van der Waals surface area contributed by atoms with Gasteiger partial charge in [0.05, 0.1) is 5.69 Å². The van der Waals surface area contributed by atoms with E-state index in [9.17, 15) is 0 Å². The van der Waals surface area contributed by atoms with Gasteiger partial charge >= 0.3 is 0 Å². The Morgan fingerprint density at radius 1 is 1.32 bits per heavy atom. The summed E-state index contributed by atoms with van der Waals surface area (Å²) in [6.07, 6.45) is 3.24. The van der Waals surface area contributed by atoms with Gasteiger partial charge in [0.15, 0.2) is 10.8 Å². The number of thiazole rings is 1. The van der Waals surface area contributed by atoms with E-state index in [-0.39, 0.29) is 6.04 Å². The van der Waals surface area contributed by atoms with Gasteiger partial charge in [-0.05, 0) is 31.4 Å². The van der Waals surface area contributed by atoms with E-state index in [2.05, 4.69) is 12.1 Å². The summed E-state index contributed by atoms with van der Waals surface area (Å²) >= 11 is 1.68. The number of aromatic nitrogens is 1. The Morgan fingerprint density at radius 3 is 3.05 bits per heavy atom. The fourth-order valence-electron chi connectivity index (χ4n) is 2.65. The zero-order valence-electron chi connectivity index (χ0n) is 10.4. The van der Waals surface area contributed by atoms with Crippen molar-refractivity contribution in [1.82, 2.24) is 4.98 Å². The number of nitrogens with zero attached hydrogens (tertiary/aromatic N) is 1. The molecule has 3 nitrogen and oxygen atoms in total. The fraction of sp³-hybridized carbons (Fsp3) is 0.267. The van der Waals surface area contributed by atoms with Gasteiger partial charge in [-0.2, -0.15) is 0 Å². The first kappa shape index (κ1) is 11.2. The van der Waals surface area contributed by atoms with E-state index < -0.39 is 0 Å². The predicted octanol–water partition coefficient (Wildman–Crippen LogP) is 3.89. The molecule has 0 amide bonds. The molecule has 0 fully saturated rings. The minimum atomic E-state index is 0.152. The molecule has 1 atom stereocenters. The zero-order valence-corrected chi connectivity index (χ0v) is 11.2.